The molecular formula is C16H17NO3. The van der Waals surface area contributed by atoms with E-state index in [0.29, 0.717) is 19.1 Å². The summed E-state index contributed by atoms with van der Waals surface area (Å²) < 4.78 is 10.5. The maximum Gasteiger partial charge on any atom is 0.310 e. The molecule has 1 aromatic heterocycles. The summed E-state index contributed by atoms with van der Waals surface area (Å²) in [6.07, 6.45) is 1.87. The number of aromatic nitrogens is 1. The molecule has 2 rings (SSSR count). The average Bonchev–Trinajstić information content (AvgIpc) is 2.48. The number of esters is 1. The molecule has 20 heavy (non-hydrogen) atoms. The van der Waals surface area contributed by atoms with Gasteiger partial charge in [0.15, 0.2) is 0 Å². The number of carbonyl (C=O) groups is 1. The lowest BCUT2D eigenvalue weighted by atomic mass is 10.2. The topological polar surface area (TPSA) is 48.4 Å². The highest BCUT2D eigenvalue weighted by atomic mass is 16.5. The van der Waals surface area contributed by atoms with Crippen LogP contribution in [0.15, 0.2) is 48.7 Å². The number of rotatable bonds is 6. The number of nitrogens with zero attached hydrogens (tertiary/aromatic N) is 1. The lowest BCUT2D eigenvalue weighted by Gasteiger charge is -2.06. The molecule has 1 heterocycles. The molecule has 4 nitrogen and oxygen atoms in total. The van der Waals surface area contributed by atoms with E-state index in [2.05, 4.69) is 4.98 Å². The number of carbonyl (C=O) groups excluding carboxylic acids is 1. The van der Waals surface area contributed by atoms with Crippen molar-refractivity contribution in [1.29, 1.82) is 0 Å². The predicted molar refractivity (Wildman–Crippen MR) is 75.3 cm³/mol. The third kappa shape index (κ3) is 4.39. The van der Waals surface area contributed by atoms with E-state index in [4.69, 9.17) is 9.47 Å². The van der Waals surface area contributed by atoms with Gasteiger partial charge in [-0.25, -0.2) is 4.98 Å². The van der Waals surface area contributed by atoms with Crippen molar-refractivity contribution >= 4 is 5.97 Å². The second-order valence-electron chi connectivity index (χ2n) is 4.26. The minimum Gasteiger partial charge on any atom is -0.473 e. The number of pyridine rings is 1. The molecule has 0 fully saturated rings. The van der Waals surface area contributed by atoms with Gasteiger partial charge in [-0.2, -0.15) is 0 Å². The van der Waals surface area contributed by atoms with Crippen molar-refractivity contribution in [2.75, 3.05) is 6.61 Å². The Morgan fingerprint density at radius 1 is 1.10 bits per heavy atom. The van der Waals surface area contributed by atoms with Crippen molar-refractivity contribution in [3.63, 3.8) is 0 Å². The summed E-state index contributed by atoms with van der Waals surface area (Å²) in [7, 11) is 0. The Bertz CT molecular complexity index is 537. The minimum absolute atomic E-state index is 0.236. The standard InChI is InChI=1S/C16H17NO3/c1-2-19-16(18)10-14-8-9-15(17-11-14)20-12-13-6-4-3-5-7-13/h3-9,11H,2,10,12H2,1H3. The Balaban J connectivity index is 1.87. The summed E-state index contributed by atoms with van der Waals surface area (Å²) in [6, 6.07) is 13.5. The fourth-order valence-corrected chi connectivity index (χ4v) is 1.71. The van der Waals surface area contributed by atoms with Gasteiger partial charge in [0.25, 0.3) is 0 Å². The van der Waals surface area contributed by atoms with Crippen LogP contribution in [0.5, 0.6) is 5.88 Å². The van der Waals surface area contributed by atoms with Gasteiger partial charge in [0.2, 0.25) is 5.88 Å². The molecule has 0 unspecified atom stereocenters. The van der Waals surface area contributed by atoms with E-state index >= 15 is 0 Å². The number of benzene rings is 1. The Hall–Kier alpha value is -2.36. The third-order valence-corrected chi connectivity index (χ3v) is 2.68. The van der Waals surface area contributed by atoms with E-state index in [1.165, 1.54) is 0 Å². The van der Waals surface area contributed by atoms with Crippen LogP contribution >= 0.6 is 0 Å². The third-order valence-electron chi connectivity index (χ3n) is 2.68. The number of hydrogen-bond acceptors (Lipinski definition) is 4. The molecule has 0 atom stereocenters. The summed E-state index contributed by atoms with van der Waals surface area (Å²) in [5, 5.41) is 0. The molecule has 0 radical (unpaired) electrons. The van der Waals surface area contributed by atoms with Gasteiger partial charge in [-0.3, -0.25) is 4.79 Å². The van der Waals surface area contributed by atoms with E-state index in [-0.39, 0.29) is 12.4 Å². The highest BCUT2D eigenvalue weighted by Gasteiger charge is 2.04. The van der Waals surface area contributed by atoms with Gasteiger partial charge in [-0.05, 0) is 18.1 Å². The second-order valence-corrected chi connectivity index (χ2v) is 4.26. The van der Waals surface area contributed by atoms with Gasteiger partial charge >= 0.3 is 5.97 Å². The van der Waals surface area contributed by atoms with E-state index < -0.39 is 0 Å². The molecule has 104 valence electrons. The molecule has 0 saturated heterocycles. The molecular weight excluding hydrogens is 254 g/mol. The van der Waals surface area contributed by atoms with E-state index in [0.717, 1.165) is 11.1 Å². The first-order chi connectivity index (χ1) is 9.78. The molecule has 0 aliphatic carbocycles. The average molecular weight is 271 g/mol. The van der Waals surface area contributed by atoms with E-state index in [1.807, 2.05) is 36.4 Å². The van der Waals surface area contributed by atoms with Crippen molar-refractivity contribution in [3.05, 3.63) is 59.8 Å². The molecule has 0 N–H and O–H groups in total. The summed E-state index contributed by atoms with van der Waals surface area (Å²) in [4.78, 5) is 15.5. The lowest BCUT2D eigenvalue weighted by molar-refractivity contribution is -0.142. The largest absolute Gasteiger partial charge is 0.473 e. The maximum absolute atomic E-state index is 11.3. The molecule has 2 aromatic rings. The summed E-state index contributed by atoms with van der Waals surface area (Å²) in [6.45, 7) is 2.66. The Labute approximate surface area is 118 Å². The van der Waals surface area contributed by atoms with Crippen molar-refractivity contribution < 1.29 is 14.3 Å². The van der Waals surface area contributed by atoms with Gasteiger partial charge in [0.05, 0.1) is 13.0 Å². The first-order valence-corrected chi connectivity index (χ1v) is 6.55. The Morgan fingerprint density at radius 2 is 1.90 bits per heavy atom. The van der Waals surface area contributed by atoms with Crippen LogP contribution in [-0.2, 0) is 22.6 Å². The van der Waals surface area contributed by atoms with Crippen LogP contribution in [0.3, 0.4) is 0 Å². The molecule has 0 bridgehead atoms. The van der Waals surface area contributed by atoms with Gasteiger partial charge in [0, 0.05) is 12.3 Å². The van der Waals surface area contributed by atoms with Crippen LogP contribution in [-0.4, -0.2) is 17.6 Å². The molecule has 1 aromatic carbocycles. The monoisotopic (exact) mass is 271 g/mol. The van der Waals surface area contributed by atoms with Gasteiger partial charge in [-0.15, -0.1) is 0 Å². The molecule has 0 spiro atoms. The van der Waals surface area contributed by atoms with E-state index in [9.17, 15) is 4.79 Å². The Morgan fingerprint density at radius 3 is 2.55 bits per heavy atom. The first kappa shape index (κ1) is 14.1. The summed E-state index contributed by atoms with van der Waals surface area (Å²) >= 11 is 0. The smallest absolute Gasteiger partial charge is 0.310 e. The second kappa shape index (κ2) is 7.28. The lowest BCUT2D eigenvalue weighted by Crippen LogP contribution is -2.07. The molecule has 0 saturated carbocycles. The van der Waals surface area contributed by atoms with Crippen molar-refractivity contribution in [2.24, 2.45) is 0 Å². The normalized spacial score (nSPS) is 10.1. The van der Waals surface area contributed by atoms with Crippen molar-refractivity contribution in [3.8, 4) is 5.88 Å². The Kier molecular flexibility index (Phi) is 5.12. The van der Waals surface area contributed by atoms with Gasteiger partial charge in [-0.1, -0.05) is 36.4 Å². The van der Waals surface area contributed by atoms with Crippen molar-refractivity contribution in [1.82, 2.24) is 4.98 Å². The first-order valence-electron chi connectivity index (χ1n) is 6.55. The fourth-order valence-electron chi connectivity index (χ4n) is 1.71. The SMILES string of the molecule is CCOC(=O)Cc1ccc(OCc2ccccc2)nc1. The van der Waals surface area contributed by atoms with Crippen LogP contribution in [0, 0.1) is 0 Å². The van der Waals surface area contributed by atoms with Gasteiger partial charge < -0.3 is 9.47 Å². The quantitative estimate of drug-likeness (QED) is 0.758. The number of ether oxygens (including phenoxy) is 2. The molecule has 0 aliphatic rings. The highest BCUT2D eigenvalue weighted by molar-refractivity contribution is 5.72. The van der Waals surface area contributed by atoms with Crippen molar-refractivity contribution in [2.45, 2.75) is 20.0 Å². The summed E-state index contributed by atoms with van der Waals surface area (Å²) in [5.41, 5.74) is 1.90. The number of hydrogen-bond donors (Lipinski definition) is 0. The summed E-state index contributed by atoms with van der Waals surface area (Å²) in [5.74, 6) is 0.300. The van der Waals surface area contributed by atoms with Crippen LogP contribution in [0.2, 0.25) is 0 Å². The predicted octanol–water partition coefficient (Wildman–Crippen LogP) is 2.77. The maximum atomic E-state index is 11.3. The van der Waals surface area contributed by atoms with E-state index in [1.54, 1.807) is 19.2 Å². The molecule has 4 heteroatoms. The zero-order valence-electron chi connectivity index (χ0n) is 11.4. The van der Waals surface area contributed by atoms with Crippen LogP contribution in [0.4, 0.5) is 0 Å². The zero-order valence-corrected chi connectivity index (χ0v) is 11.4. The van der Waals surface area contributed by atoms with Crippen LogP contribution in [0.1, 0.15) is 18.1 Å². The van der Waals surface area contributed by atoms with Crippen LogP contribution < -0.4 is 4.74 Å². The fraction of sp³-hybridized carbons (Fsp3) is 0.250. The van der Waals surface area contributed by atoms with Crippen LogP contribution in [0.25, 0.3) is 0 Å². The molecule has 0 aliphatic heterocycles. The van der Waals surface area contributed by atoms with Gasteiger partial charge in [0.1, 0.15) is 6.61 Å². The highest BCUT2D eigenvalue weighted by Crippen LogP contribution is 2.11. The molecule has 0 amide bonds. The zero-order chi connectivity index (χ0) is 14.2. The minimum atomic E-state index is -0.243.